The molecular formula is C12H14N2O2. The van der Waals surface area contributed by atoms with Crippen LogP contribution < -0.4 is 9.80 Å². The zero-order valence-corrected chi connectivity index (χ0v) is 9.65. The summed E-state index contributed by atoms with van der Waals surface area (Å²) in [5.41, 5.74) is 2.58. The van der Waals surface area contributed by atoms with Crippen LogP contribution in [0.25, 0.3) is 0 Å². The van der Waals surface area contributed by atoms with E-state index in [1.165, 1.54) is 0 Å². The van der Waals surface area contributed by atoms with E-state index in [0.717, 1.165) is 11.4 Å². The third-order valence-corrected chi connectivity index (χ3v) is 2.51. The van der Waals surface area contributed by atoms with Gasteiger partial charge in [0.1, 0.15) is 0 Å². The van der Waals surface area contributed by atoms with Gasteiger partial charge in [0, 0.05) is 14.1 Å². The second-order valence-corrected chi connectivity index (χ2v) is 3.64. The number of benzene rings is 1. The number of rotatable bonds is 2. The van der Waals surface area contributed by atoms with E-state index in [2.05, 4.69) is 6.67 Å². The molecule has 0 amide bonds. The van der Waals surface area contributed by atoms with E-state index in [9.17, 15) is 4.79 Å². The van der Waals surface area contributed by atoms with Crippen LogP contribution in [0.15, 0.2) is 18.2 Å². The molecule has 2 rings (SSSR count). The van der Waals surface area contributed by atoms with Gasteiger partial charge in [-0.15, -0.1) is 0 Å². The zero-order chi connectivity index (χ0) is 11.7. The minimum atomic E-state index is -0.284. The Morgan fingerprint density at radius 2 is 2.00 bits per heavy atom. The van der Waals surface area contributed by atoms with Crippen molar-refractivity contribution >= 4 is 17.3 Å². The minimum absolute atomic E-state index is 0.284. The first kappa shape index (κ1) is 10.8. The van der Waals surface area contributed by atoms with Gasteiger partial charge < -0.3 is 14.5 Å². The molecule has 0 aliphatic carbocycles. The SMILES string of the molecule is CCOC(=O)c1ccc2c(c1)N(C)[C]N2C. The van der Waals surface area contributed by atoms with E-state index in [4.69, 9.17) is 4.74 Å². The Morgan fingerprint density at radius 3 is 2.69 bits per heavy atom. The number of carbonyl (C=O) groups is 1. The number of ether oxygens (including phenoxy) is 1. The van der Waals surface area contributed by atoms with E-state index in [0.29, 0.717) is 12.2 Å². The lowest BCUT2D eigenvalue weighted by molar-refractivity contribution is 0.0526. The van der Waals surface area contributed by atoms with Gasteiger partial charge in [0.2, 0.25) is 6.67 Å². The monoisotopic (exact) mass is 218 g/mol. The molecule has 0 spiro atoms. The van der Waals surface area contributed by atoms with Gasteiger partial charge in [-0.05, 0) is 25.1 Å². The van der Waals surface area contributed by atoms with Crippen LogP contribution in [-0.4, -0.2) is 26.7 Å². The van der Waals surface area contributed by atoms with Gasteiger partial charge >= 0.3 is 5.97 Å². The minimum Gasteiger partial charge on any atom is -0.462 e. The van der Waals surface area contributed by atoms with E-state index >= 15 is 0 Å². The highest BCUT2D eigenvalue weighted by molar-refractivity contribution is 5.93. The van der Waals surface area contributed by atoms with E-state index in [-0.39, 0.29) is 5.97 Å². The molecule has 0 atom stereocenters. The topological polar surface area (TPSA) is 32.8 Å². The molecule has 4 heteroatoms. The van der Waals surface area contributed by atoms with E-state index in [1.807, 2.05) is 36.0 Å². The molecule has 84 valence electrons. The summed E-state index contributed by atoms with van der Waals surface area (Å²) in [4.78, 5) is 15.3. The fraction of sp³-hybridized carbons (Fsp3) is 0.333. The molecule has 0 saturated heterocycles. The van der Waals surface area contributed by atoms with Crippen LogP contribution in [0.2, 0.25) is 0 Å². The summed E-state index contributed by atoms with van der Waals surface area (Å²) >= 11 is 0. The molecule has 2 radical (unpaired) electrons. The highest BCUT2D eigenvalue weighted by Gasteiger charge is 2.23. The van der Waals surface area contributed by atoms with Crippen LogP contribution in [0.1, 0.15) is 17.3 Å². The van der Waals surface area contributed by atoms with Crippen molar-refractivity contribution in [3.63, 3.8) is 0 Å². The van der Waals surface area contributed by atoms with Crippen molar-refractivity contribution < 1.29 is 9.53 Å². The second kappa shape index (κ2) is 4.04. The maximum Gasteiger partial charge on any atom is 0.338 e. The first-order valence-corrected chi connectivity index (χ1v) is 5.18. The number of hydrogen-bond donors (Lipinski definition) is 0. The van der Waals surface area contributed by atoms with Gasteiger partial charge in [0.15, 0.2) is 0 Å². The third kappa shape index (κ3) is 1.71. The van der Waals surface area contributed by atoms with Gasteiger partial charge in [0.05, 0.1) is 23.5 Å². The Labute approximate surface area is 95.4 Å². The molecule has 1 aromatic rings. The molecule has 4 nitrogen and oxygen atoms in total. The second-order valence-electron chi connectivity index (χ2n) is 3.64. The molecule has 1 aliphatic heterocycles. The summed E-state index contributed by atoms with van der Waals surface area (Å²) in [6.45, 7) is 5.29. The smallest absolute Gasteiger partial charge is 0.338 e. The highest BCUT2D eigenvalue weighted by Crippen LogP contribution is 2.36. The standard InChI is InChI=1S/C12H14N2O2/c1-4-16-12(15)9-5-6-10-11(7-9)14(3)8-13(10)2/h5-7H,4H2,1-3H3. The Bertz CT molecular complexity index is 417. The van der Waals surface area contributed by atoms with Crippen molar-refractivity contribution in [2.45, 2.75) is 6.92 Å². The lowest BCUT2D eigenvalue weighted by atomic mass is 10.1. The van der Waals surface area contributed by atoms with E-state index < -0.39 is 0 Å². The number of nitrogens with zero attached hydrogens (tertiary/aromatic N) is 2. The van der Waals surface area contributed by atoms with Crippen molar-refractivity contribution in [2.75, 3.05) is 30.5 Å². The van der Waals surface area contributed by atoms with Gasteiger partial charge in [0.25, 0.3) is 0 Å². The molecule has 1 aliphatic rings. The maximum atomic E-state index is 11.6. The van der Waals surface area contributed by atoms with Crippen LogP contribution in [0.3, 0.4) is 0 Å². The number of hydrogen-bond acceptors (Lipinski definition) is 4. The van der Waals surface area contributed by atoms with Gasteiger partial charge in [-0.25, -0.2) is 4.79 Å². The van der Waals surface area contributed by atoms with Crippen molar-refractivity contribution in [3.05, 3.63) is 30.4 Å². The molecule has 0 N–H and O–H groups in total. The first-order chi connectivity index (χ1) is 7.63. The van der Waals surface area contributed by atoms with E-state index in [1.54, 1.807) is 13.0 Å². The van der Waals surface area contributed by atoms with Crippen molar-refractivity contribution in [2.24, 2.45) is 0 Å². The van der Waals surface area contributed by atoms with Gasteiger partial charge in [-0.1, -0.05) is 0 Å². The number of esters is 1. The van der Waals surface area contributed by atoms with Crippen LogP contribution >= 0.6 is 0 Å². The molecule has 0 unspecified atom stereocenters. The average molecular weight is 218 g/mol. The Balaban J connectivity index is 2.33. The molecule has 0 aromatic heterocycles. The highest BCUT2D eigenvalue weighted by atomic mass is 16.5. The number of anilines is 2. The quantitative estimate of drug-likeness (QED) is 0.708. The predicted molar refractivity (Wildman–Crippen MR) is 62.4 cm³/mol. The van der Waals surface area contributed by atoms with Crippen LogP contribution in [-0.2, 0) is 4.74 Å². The number of fused-ring (bicyclic) bond motifs is 1. The Hall–Kier alpha value is -1.71. The fourth-order valence-electron chi connectivity index (χ4n) is 1.75. The molecule has 16 heavy (non-hydrogen) atoms. The summed E-state index contributed by atoms with van der Waals surface area (Å²) in [5.74, 6) is -0.284. The summed E-state index contributed by atoms with van der Waals surface area (Å²) in [5, 5.41) is 0. The van der Waals surface area contributed by atoms with Crippen LogP contribution in [0.5, 0.6) is 0 Å². The molecular weight excluding hydrogens is 204 g/mol. The molecule has 1 heterocycles. The molecule has 0 bridgehead atoms. The number of carbonyl (C=O) groups excluding carboxylic acids is 1. The maximum absolute atomic E-state index is 11.6. The van der Waals surface area contributed by atoms with Crippen molar-refractivity contribution in [1.29, 1.82) is 0 Å². The van der Waals surface area contributed by atoms with Crippen molar-refractivity contribution in [1.82, 2.24) is 0 Å². The lowest BCUT2D eigenvalue weighted by Crippen LogP contribution is -2.17. The first-order valence-electron chi connectivity index (χ1n) is 5.18. The van der Waals surface area contributed by atoms with Crippen LogP contribution in [0.4, 0.5) is 11.4 Å². The molecule has 1 aromatic carbocycles. The predicted octanol–water partition coefficient (Wildman–Crippen LogP) is 1.75. The Morgan fingerprint density at radius 1 is 1.31 bits per heavy atom. The summed E-state index contributed by atoms with van der Waals surface area (Å²) < 4.78 is 4.96. The summed E-state index contributed by atoms with van der Waals surface area (Å²) in [6.07, 6.45) is 0. The van der Waals surface area contributed by atoms with Gasteiger partial charge in [-0.2, -0.15) is 0 Å². The molecule has 0 fully saturated rings. The normalized spacial score (nSPS) is 13.9. The zero-order valence-electron chi connectivity index (χ0n) is 9.65. The van der Waals surface area contributed by atoms with Crippen LogP contribution in [0, 0.1) is 6.67 Å². The fourth-order valence-corrected chi connectivity index (χ4v) is 1.75. The summed E-state index contributed by atoms with van der Waals surface area (Å²) in [6, 6.07) is 5.50. The largest absolute Gasteiger partial charge is 0.462 e. The average Bonchev–Trinajstić information content (AvgIpc) is 2.55. The lowest BCUT2D eigenvalue weighted by Gasteiger charge is -2.09. The van der Waals surface area contributed by atoms with Crippen molar-refractivity contribution in [3.8, 4) is 0 Å². The Kier molecular flexibility index (Phi) is 2.73. The summed E-state index contributed by atoms with van der Waals surface area (Å²) in [7, 11) is 3.82. The third-order valence-electron chi connectivity index (χ3n) is 2.51. The molecule has 0 saturated carbocycles. The van der Waals surface area contributed by atoms with Gasteiger partial charge in [-0.3, -0.25) is 0 Å².